The van der Waals surface area contributed by atoms with E-state index in [4.69, 9.17) is 4.74 Å². The van der Waals surface area contributed by atoms with Gasteiger partial charge in [-0.15, -0.1) is 0 Å². The van der Waals surface area contributed by atoms with E-state index in [-0.39, 0.29) is 16.1 Å². The van der Waals surface area contributed by atoms with E-state index >= 15 is 0 Å². The number of quaternary nitrogens is 1. The molecule has 1 heterocycles. The summed E-state index contributed by atoms with van der Waals surface area (Å²) in [5.74, 6) is 0. The Kier molecular flexibility index (Phi) is 5.46. The number of nitro groups is 1. The highest BCUT2D eigenvalue weighted by Gasteiger charge is 2.32. The third-order valence-electron chi connectivity index (χ3n) is 4.37. The molecule has 0 spiro atoms. The maximum Gasteiger partial charge on any atom is 0.293 e. The summed E-state index contributed by atoms with van der Waals surface area (Å²) in [4.78, 5) is 12.0. The fraction of sp³-hybridized carbons (Fsp3) is 0.600. The number of rotatable bonds is 6. The molecule has 2 rings (SSSR count). The molecule has 134 valence electrons. The van der Waals surface area contributed by atoms with Crippen LogP contribution >= 0.6 is 0 Å². The molecule has 0 aromatic heterocycles. The molecule has 0 radical (unpaired) electrons. The minimum Gasteiger partial charge on any atom is -0.373 e. The highest BCUT2D eigenvalue weighted by atomic mass is 32.2. The SMILES string of the molecule is CC(C)(CNc1ccc(S(C)(=O)=O)cc1[N+](=O)[O-])[NH+]1CCOCC1. The average Bonchev–Trinajstić information content (AvgIpc) is 2.52. The van der Waals surface area contributed by atoms with E-state index in [1.54, 1.807) is 0 Å². The summed E-state index contributed by atoms with van der Waals surface area (Å²) in [6.07, 6.45) is 1.03. The molecule has 0 atom stereocenters. The van der Waals surface area contributed by atoms with Gasteiger partial charge in [-0.3, -0.25) is 10.1 Å². The Hall–Kier alpha value is -1.71. The van der Waals surface area contributed by atoms with Gasteiger partial charge in [-0.2, -0.15) is 0 Å². The maximum absolute atomic E-state index is 11.6. The Balaban J connectivity index is 2.18. The van der Waals surface area contributed by atoms with Gasteiger partial charge in [-0.05, 0) is 26.0 Å². The number of ether oxygens (including phenoxy) is 1. The lowest BCUT2D eigenvalue weighted by atomic mass is 10.0. The molecule has 1 aromatic carbocycles. The fourth-order valence-corrected chi connectivity index (χ4v) is 3.42. The van der Waals surface area contributed by atoms with Crippen LogP contribution in [-0.2, 0) is 14.6 Å². The number of sulfone groups is 1. The minimum absolute atomic E-state index is 0.0576. The average molecular weight is 358 g/mol. The van der Waals surface area contributed by atoms with E-state index in [0.29, 0.717) is 25.4 Å². The molecule has 0 saturated carbocycles. The van der Waals surface area contributed by atoms with Crippen LogP contribution in [0.1, 0.15) is 13.8 Å². The Morgan fingerprint density at radius 3 is 2.50 bits per heavy atom. The van der Waals surface area contributed by atoms with Crippen molar-refractivity contribution in [3.63, 3.8) is 0 Å². The smallest absolute Gasteiger partial charge is 0.293 e. The predicted octanol–water partition coefficient (Wildman–Crippen LogP) is 0.104. The molecule has 0 bridgehead atoms. The van der Waals surface area contributed by atoms with Crippen LogP contribution in [0.2, 0.25) is 0 Å². The summed E-state index contributed by atoms with van der Waals surface area (Å²) in [5.41, 5.74) is -0.0356. The van der Waals surface area contributed by atoms with E-state index in [2.05, 4.69) is 19.2 Å². The first-order chi connectivity index (χ1) is 11.1. The van der Waals surface area contributed by atoms with E-state index in [9.17, 15) is 18.5 Å². The number of nitro benzene ring substituents is 1. The van der Waals surface area contributed by atoms with Crippen molar-refractivity contribution in [2.75, 3.05) is 44.4 Å². The van der Waals surface area contributed by atoms with E-state index in [0.717, 1.165) is 25.4 Å². The van der Waals surface area contributed by atoms with E-state index in [1.165, 1.54) is 17.0 Å². The highest BCUT2D eigenvalue weighted by molar-refractivity contribution is 7.90. The van der Waals surface area contributed by atoms with Crippen molar-refractivity contribution in [1.29, 1.82) is 0 Å². The summed E-state index contributed by atoms with van der Waals surface area (Å²) in [7, 11) is -3.49. The molecule has 8 nitrogen and oxygen atoms in total. The molecule has 1 aromatic rings. The number of hydrogen-bond acceptors (Lipinski definition) is 6. The summed E-state index contributed by atoms with van der Waals surface area (Å²) in [6.45, 7) is 7.92. The van der Waals surface area contributed by atoms with Crippen LogP contribution in [0.25, 0.3) is 0 Å². The number of morpholine rings is 1. The van der Waals surface area contributed by atoms with Crippen molar-refractivity contribution in [3.8, 4) is 0 Å². The molecule has 9 heteroatoms. The molecule has 1 fully saturated rings. The minimum atomic E-state index is -3.49. The second kappa shape index (κ2) is 7.04. The van der Waals surface area contributed by atoms with Crippen LogP contribution in [0.15, 0.2) is 23.1 Å². The van der Waals surface area contributed by atoms with Gasteiger partial charge in [0, 0.05) is 12.3 Å². The fourth-order valence-electron chi connectivity index (χ4n) is 2.78. The second-order valence-electron chi connectivity index (χ2n) is 6.66. The zero-order valence-electron chi connectivity index (χ0n) is 14.2. The molecule has 1 aliphatic rings. The standard InChI is InChI=1S/C15H23N3O5S/c1-15(2,17-6-8-23-9-7-17)11-16-13-5-4-12(24(3,21)22)10-14(13)18(19)20/h4-5,10,16H,6-9,11H2,1-3H3/p+1. The number of nitrogens with zero attached hydrogens (tertiary/aromatic N) is 1. The van der Waals surface area contributed by atoms with Crippen LogP contribution in [0.3, 0.4) is 0 Å². The Morgan fingerprint density at radius 1 is 1.33 bits per heavy atom. The lowest BCUT2D eigenvalue weighted by Gasteiger charge is -2.37. The molecule has 0 unspecified atom stereocenters. The quantitative estimate of drug-likeness (QED) is 0.552. The zero-order valence-corrected chi connectivity index (χ0v) is 15.0. The Morgan fingerprint density at radius 2 is 1.96 bits per heavy atom. The van der Waals surface area contributed by atoms with Crippen molar-refractivity contribution in [1.82, 2.24) is 0 Å². The van der Waals surface area contributed by atoms with Crippen molar-refractivity contribution >= 4 is 21.2 Å². The van der Waals surface area contributed by atoms with Crippen LogP contribution in [0, 0.1) is 10.1 Å². The number of benzene rings is 1. The summed E-state index contributed by atoms with van der Waals surface area (Å²) in [5, 5.41) is 14.4. The normalized spacial score (nSPS) is 16.8. The highest BCUT2D eigenvalue weighted by Crippen LogP contribution is 2.27. The van der Waals surface area contributed by atoms with Gasteiger partial charge in [0.05, 0.1) is 29.6 Å². The van der Waals surface area contributed by atoms with Crippen LogP contribution < -0.4 is 10.2 Å². The lowest BCUT2D eigenvalue weighted by Crippen LogP contribution is -3.21. The first-order valence-corrected chi connectivity index (χ1v) is 9.66. The lowest BCUT2D eigenvalue weighted by molar-refractivity contribution is -0.953. The number of hydrogen-bond donors (Lipinski definition) is 2. The van der Waals surface area contributed by atoms with Gasteiger partial charge in [0.25, 0.3) is 5.69 Å². The number of anilines is 1. The van der Waals surface area contributed by atoms with Gasteiger partial charge in [0.15, 0.2) is 9.84 Å². The molecule has 2 N–H and O–H groups in total. The Bertz CT molecular complexity index is 712. The van der Waals surface area contributed by atoms with Gasteiger partial charge in [0.1, 0.15) is 24.3 Å². The van der Waals surface area contributed by atoms with Crippen LogP contribution in [0.5, 0.6) is 0 Å². The second-order valence-corrected chi connectivity index (χ2v) is 8.68. The molecular weight excluding hydrogens is 334 g/mol. The predicted molar refractivity (Wildman–Crippen MR) is 90.3 cm³/mol. The molecule has 1 saturated heterocycles. The molecule has 1 aliphatic heterocycles. The van der Waals surface area contributed by atoms with Gasteiger partial charge in [0.2, 0.25) is 0 Å². The summed E-state index contributed by atoms with van der Waals surface area (Å²) < 4.78 is 28.5. The van der Waals surface area contributed by atoms with Gasteiger partial charge < -0.3 is 15.0 Å². The van der Waals surface area contributed by atoms with Crippen molar-refractivity contribution in [2.24, 2.45) is 0 Å². The van der Waals surface area contributed by atoms with Crippen LogP contribution in [-0.4, -0.2) is 58.0 Å². The van der Waals surface area contributed by atoms with Gasteiger partial charge >= 0.3 is 0 Å². The van der Waals surface area contributed by atoms with E-state index in [1.807, 2.05) is 0 Å². The first-order valence-electron chi connectivity index (χ1n) is 7.76. The molecule has 24 heavy (non-hydrogen) atoms. The third kappa shape index (κ3) is 4.43. The summed E-state index contributed by atoms with van der Waals surface area (Å²) >= 11 is 0. The third-order valence-corrected chi connectivity index (χ3v) is 5.48. The first kappa shape index (κ1) is 18.6. The Labute approximate surface area is 141 Å². The number of nitrogens with one attached hydrogen (secondary N) is 2. The summed E-state index contributed by atoms with van der Waals surface area (Å²) in [6, 6.07) is 3.95. The zero-order chi connectivity index (χ0) is 18.0. The molecule has 0 amide bonds. The molecule has 0 aliphatic carbocycles. The largest absolute Gasteiger partial charge is 0.373 e. The van der Waals surface area contributed by atoms with Crippen molar-refractivity contribution in [3.05, 3.63) is 28.3 Å². The van der Waals surface area contributed by atoms with Gasteiger partial charge in [-0.25, -0.2) is 8.42 Å². The van der Waals surface area contributed by atoms with Crippen LogP contribution in [0.4, 0.5) is 11.4 Å². The monoisotopic (exact) mass is 358 g/mol. The molecular formula is C15H24N3O5S+. The van der Waals surface area contributed by atoms with Gasteiger partial charge in [-0.1, -0.05) is 0 Å². The van der Waals surface area contributed by atoms with Crippen molar-refractivity contribution < 1.29 is 23.0 Å². The maximum atomic E-state index is 11.6. The van der Waals surface area contributed by atoms with E-state index < -0.39 is 14.8 Å². The topological polar surface area (TPSA) is 103 Å². The van der Waals surface area contributed by atoms with Crippen molar-refractivity contribution in [2.45, 2.75) is 24.3 Å².